The summed E-state index contributed by atoms with van der Waals surface area (Å²) in [5.74, 6) is 2.33. The Kier molecular flexibility index (Phi) is 3.35. The zero-order chi connectivity index (χ0) is 10.7. The first kappa shape index (κ1) is 10.6. The highest BCUT2D eigenvalue weighted by molar-refractivity contribution is 14.1. The molecule has 0 N–H and O–H groups in total. The van der Waals surface area contributed by atoms with Crippen LogP contribution in [0.1, 0.15) is 6.42 Å². The van der Waals surface area contributed by atoms with Crippen LogP contribution >= 0.6 is 22.6 Å². The number of halogens is 1. The van der Waals surface area contributed by atoms with Crippen LogP contribution in [0.15, 0.2) is 28.4 Å². The standard InChI is InChI=1S/C11H11IO3/c1-8(12)4-5-13-9-2-3-10-11(6-9)15-7-14-10/h2-3,6H,1,4-5,7H2. The second-order valence-electron chi connectivity index (χ2n) is 3.13. The summed E-state index contributed by atoms with van der Waals surface area (Å²) in [5.41, 5.74) is 0. The minimum Gasteiger partial charge on any atom is -0.493 e. The molecule has 1 heterocycles. The van der Waals surface area contributed by atoms with Gasteiger partial charge in [-0.3, -0.25) is 0 Å². The fourth-order valence-electron chi connectivity index (χ4n) is 1.25. The number of rotatable bonds is 4. The molecule has 1 aromatic carbocycles. The average Bonchev–Trinajstić information content (AvgIpc) is 2.64. The summed E-state index contributed by atoms with van der Waals surface area (Å²) in [6, 6.07) is 5.58. The molecule has 1 aromatic rings. The van der Waals surface area contributed by atoms with Gasteiger partial charge < -0.3 is 14.2 Å². The summed E-state index contributed by atoms with van der Waals surface area (Å²) in [5, 5.41) is 0. The van der Waals surface area contributed by atoms with E-state index in [1.807, 2.05) is 18.2 Å². The molecule has 0 aliphatic carbocycles. The Morgan fingerprint density at radius 2 is 2.20 bits per heavy atom. The lowest BCUT2D eigenvalue weighted by atomic mass is 10.3. The lowest BCUT2D eigenvalue weighted by Crippen LogP contribution is -1.96. The van der Waals surface area contributed by atoms with Crippen molar-refractivity contribution >= 4 is 22.6 Å². The summed E-state index contributed by atoms with van der Waals surface area (Å²) in [4.78, 5) is 0. The molecule has 0 saturated carbocycles. The van der Waals surface area contributed by atoms with Gasteiger partial charge in [0.05, 0.1) is 6.61 Å². The highest BCUT2D eigenvalue weighted by Gasteiger charge is 2.13. The van der Waals surface area contributed by atoms with Gasteiger partial charge in [0.15, 0.2) is 11.5 Å². The van der Waals surface area contributed by atoms with Crippen molar-refractivity contribution in [2.24, 2.45) is 0 Å². The zero-order valence-electron chi connectivity index (χ0n) is 8.16. The average molecular weight is 318 g/mol. The van der Waals surface area contributed by atoms with Gasteiger partial charge in [0, 0.05) is 12.5 Å². The first-order valence-electron chi connectivity index (χ1n) is 4.61. The number of hydrogen-bond acceptors (Lipinski definition) is 3. The molecule has 0 aromatic heterocycles. The maximum atomic E-state index is 5.54. The molecule has 80 valence electrons. The molecular formula is C11H11IO3. The smallest absolute Gasteiger partial charge is 0.231 e. The minimum atomic E-state index is 0.295. The Labute approximate surface area is 102 Å². The molecule has 0 amide bonds. The third-order valence-electron chi connectivity index (χ3n) is 1.99. The summed E-state index contributed by atoms with van der Waals surface area (Å²) >= 11 is 2.20. The number of hydrogen-bond donors (Lipinski definition) is 0. The molecule has 0 spiro atoms. The van der Waals surface area contributed by atoms with Crippen molar-refractivity contribution in [1.82, 2.24) is 0 Å². The molecule has 1 aliphatic heterocycles. The Morgan fingerprint density at radius 1 is 1.40 bits per heavy atom. The van der Waals surface area contributed by atoms with Crippen molar-refractivity contribution in [2.45, 2.75) is 6.42 Å². The van der Waals surface area contributed by atoms with Crippen molar-refractivity contribution in [1.29, 1.82) is 0 Å². The van der Waals surface area contributed by atoms with E-state index in [9.17, 15) is 0 Å². The largest absolute Gasteiger partial charge is 0.493 e. The quantitative estimate of drug-likeness (QED) is 0.798. The monoisotopic (exact) mass is 318 g/mol. The van der Waals surface area contributed by atoms with Crippen LogP contribution in [-0.4, -0.2) is 13.4 Å². The summed E-state index contributed by atoms with van der Waals surface area (Å²) in [6.07, 6.45) is 0.856. The van der Waals surface area contributed by atoms with Crippen LogP contribution < -0.4 is 14.2 Å². The minimum absolute atomic E-state index is 0.295. The maximum absolute atomic E-state index is 5.54. The fraction of sp³-hybridized carbons (Fsp3) is 0.273. The van der Waals surface area contributed by atoms with E-state index in [2.05, 4.69) is 29.2 Å². The summed E-state index contributed by atoms with van der Waals surface area (Å²) < 4.78 is 17.1. The zero-order valence-corrected chi connectivity index (χ0v) is 10.3. The Bertz CT molecular complexity index is 376. The molecule has 0 unspecified atom stereocenters. The predicted molar refractivity (Wildman–Crippen MR) is 65.8 cm³/mol. The van der Waals surface area contributed by atoms with Crippen molar-refractivity contribution in [2.75, 3.05) is 13.4 Å². The van der Waals surface area contributed by atoms with E-state index < -0.39 is 0 Å². The third-order valence-corrected chi connectivity index (χ3v) is 2.53. The maximum Gasteiger partial charge on any atom is 0.231 e. The Balaban J connectivity index is 1.95. The van der Waals surface area contributed by atoms with Gasteiger partial charge in [-0.15, -0.1) is 0 Å². The first-order chi connectivity index (χ1) is 7.25. The number of benzene rings is 1. The van der Waals surface area contributed by atoms with Crippen LogP contribution in [0.4, 0.5) is 0 Å². The Morgan fingerprint density at radius 3 is 3.00 bits per heavy atom. The number of ether oxygens (including phenoxy) is 3. The van der Waals surface area contributed by atoms with Crippen LogP contribution in [0.3, 0.4) is 0 Å². The predicted octanol–water partition coefficient (Wildman–Crippen LogP) is 3.13. The van der Waals surface area contributed by atoms with E-state index in [0.717, 1.165) is 27.2 Å². The number of fused-ring (bicyclic) bond motifs is 1. The molecule has 1 aliphatic rings. The van der Waals surface area contributed by atoms with Crippen LogP contribution in [0, 0.1) is 0 Å². The molecule has 4 heteroatoms. The highest BCUT2D eigenvalue weighted by atomic mass is 127. The molecule has 3 nitrogen and oxygen atoms in total. The molecule has 0 saturated heterocycles. The molecule has 0 fully saturated rings. The van der Waals surface area contributed by atoms with Gasteiger partial charge in [0.1, 0.15) is 5.75 Å². The molecular weight excluding hydrogens is 307 g/mol. The molecule has 0 bridgehead atoms. The SMILES string of the molecule is C=C(I)CCOc1ccc2c(c1)OCO2. The topological polar surface area (TPSA) is 27.7 Å². The lowest BCUT2D eigenvalue weighted by Gasteiger charge is -2.05. The van der Waals surface area contributed by atoms with Gasteiger partial charge in [-0.25, -0.2) is 0 Å². The van der Waals surface area contributed by atoms with E-state index in [0.29, 0.717) is 13.4 Å². The Hall–Kier alpha value is -0.910. The molecule has 2 rings (SSSR count). The lowest BCUT2D eigenvalue weighted by molar-refractivity contribution is 0.173. The first-order valence-corrected chi connectivity index (χ1v) is 5.69. The van der Waals surface area contributed by atoms with Crippen molar-refractivity contribution in [3.05, 3.63) is 28.4 Å². The highest BCUT2D eigenvalue weighted by Crippen LogP contribution is 2.35. The van der Waals surface area contributed by atoms with Crippen LogP contribution in [0.2, 0.25) is 0 Å². The van der Waals surface area contributed by atoms with E-state index in [1.54, 1.807) is 0 Å². The van der Waals surface area contributed by atoms with Gasteiger partial charge in [-0.1, -0.05) is 6.58 Å². The second kappa shape index (κ2) is 4.74. The van der Waals surface area contributed by atoms with E-state index in [1.165, 1.54) is 0 Å². The molecule has 0 atom stereocenters. The third kappa shape index (κ3) is 2.77. The van der Waals surface area contributed by atoms with Crippen LogP contribution in [0.25, 0.3) is 0 Å². The summed E-state index contributed by atoms with van der Waals surface area (Å²) in [6.45, 7) is 4.74. The van der Waals surface area contributed by atoms with E-state index >= 15 is 0 Å². The van der Waals surface area contributed by atoms with Gasteiger partial charge in [0.2, 0.25) is 6.79 Å². The second-order valence-corrected chi connectivity index (χ2v) is 4.66. The fourth-order valence-corrected chi connectivity index (χ4v) is 1.47. The van der Waals surface area contributed by atoms with Gasteiger partial charge in [-0.05, 0) is 38.3 Å². The van der Waals surface area contributed by atoms with Crippen LogP contribution in [-0.2, 0) is 0 Å². The van der Waals surface area contributed by atoms with Gasteiger partial charge >= 0.3 is 0 Å². The van der Waals surface area contributed by atoms with Crippen molar-refractivity contribution < 1.29 is 14.2 Å². The molecule has 15 heavy (non-hydrogen) atoms. The van der Waals surface area contributed by atoms with E-state index in [-0.39, 0.29) is 0 Å². The molecule has 0 radical (unpaired) electrons. The summed E-state index contributed by atoms with van der Waals surface area (Å²) in [7, 11) is 0. The van der Waals surface area contributed by atoms with Crippen molar-refractivity contribution in [3.8, 4) is 17.2 Å². The van der Waals surface area contributed by atoms with Crippen molar-refractivity contribution in [3.63, 3.8) is 0 Å². The normalized spacial score (nSPS) is 12.6. The van der Waals surface area contributed by atoms with E-state index in [4.69, 9.17) is 14.2 Å². The van der Waals surface area contributed by atoms with Crippen LogP contribution in [0.5, 0.6) is 17.2 Å². The van der Waals surface area contributed by atoms with Gasteiger partial charge in [0.25, 0.3) is 0 Å². The van der Waals surface area contributed by atoms with Gasteiger partial charge in [-0.2, -0.15) is 0 Å².